The Labute approximate surface area is 115 Å². The smallest absolute Gasteiger partial charge is 0.223 e. The van der Waals surface area contributed by atoms with Crippen LogP contribution in [0.4, 0.5) is 0 Å². The van der Waals surface area contributed by atoms with Crippen LogP contribution in [0.5, 0.6) is 5.75 Å². The minimum atomic E-state index is 0.0563. The first kappa shape index (κ1) is 15.5. The number of unbranched alkanes of at least 4 members (excludes halogenated alkanes) is 1. The zero-order valence-electron chi connectivity index (χ0n) is 11.9. The highest BCUT2D eigenvalue weighted by molar-refractivity contribution is 5.75. The number of benzene rings is 1. The van der Waals surface area contributed by atoms with E-state index in [2.05, 4.69) is 24.3 Å². The van der Waals surface area contributed by atoms with E-state index in [-0.39, 0.29) is 5.91 Å². The Balaban J connectivity index is 1.99. The quantitative estimate of drug-likeness (QED) is 0.693. The van der Waals surface area contributed by atoms with E-state index < -0.39 is 0 Å². The number of nitrogens with one attached hydrogen (secondary N) is 1. The molecule has 0 aliphatic rings. The first-order chi connectivity index (χ1) is 9.18. The Morgan fingerprint density at radius 3 is 2.63 bits per heavy atom. The van der Waals surface area contributed by atoms with Crippen LogP contribution in [0.1, 0.15) is 19.3 Å². The summed E-state index contributed by atoms with van der Waals surface area (Å²) in [6.07, 6.45) is 2.53. The van der Waals surface area contributed by atoms with Crippen LogP contribution in [0.2, 0.25) is 0 Å². The number of rotatable bonds is 9. The lowest BCUT2D eigenvalue weighted by atomic mass is 10.3. The predicted molar refractivity (Wildman–Crippen MR) is 77.4 cm³/mol. The molecular weight excluding hydrogens is 240 g/mol. The molecule has 4 heteroatoms. The summed E-state index contributed by atoms with van der Waals surface area (Å²) in [7, 11) is 4.11. The van der Waals surface area contributed by atoms with Crippen LogP contribution < -0.4 is 10.1 Å². The monoisotopic (exact) mass is 264 g/mol. The number of para-hydroxylation sites is 1. The Morgan fingerprint density at radius 2 is 1.95 bits per heavy atom. The summed E-state index contributed by atoms with van der Waals surface area (Å²) in [5.41, 5.74) is 0. The average Bonchev–Trinajstić information content (AvgIpc) is 2.39. The molecule has 0 radical (unpaired) electrons. The van der Waals surface area contributed by atoms with Crippen LogP contribution in [0.25, 0.3) is 0 Å². The van der Waals surface area contributed by atoms with E-state index in [4.69, 9.17) is 4.74 Å². The Kier molecular flexibility index (Phi) is 7.66. The standard InChI is InChI=1S/C15H24N2O2/c1-17(2)12-7-6-11-16-15(18)10-13-19-14-8-4-3-5-9-14/h3-5,8-9H,6-7,10-13H2,1-2H3,(H,16,18). The normalized spacial score (nSPS) is 10.5. The molecule has 1 amide bonds. The second-order valence-corrected chi connectivity index (χ2v) is 4.77. The van der Waals surface area contributed by atoms with Gasteiger partial charge in [-0.25, -0.2) is 0 Å². The maximum Gasteiger partial charge on any atom is 0.223 e. The van der Waals surface area contributed by atoms with Crippen molar-refractivity contribution in [2.24, 2.45) is 0 Å². The van der Waals surface area contributed by atoms with Gasteiger partial charge in [0.2, 0.25) is 5.91 Å². The lowest BCUT2D eigenvalue weighted by Gasteiger charge is -2.09. The van der Waals surface area contributed by atoms with Gasteiger partial charge in [-0.1, -0.05) is 18.2 Å². The molecule has 1 rings (SSSR count). The molecule has 0 atom stereocenters. The fraction of sp³-hybridized carbons (Fsp3) is 0.533. The molecule has 1 N–H and O–H groups in total. The number of carbonyl (C=O) groups is 1. The van der Waals surface area contributed by atoms with E-state index in [1.807, 2.05) is 30.3 Å². The summed E-state index contributed by atoms with van der Waals surface area (Å²) in [6.45, 7) is 2.23. The summed E-state index contributed by atoms with van der Waals surface area (Å²) >= 11 is 0. The molecule has 0 fully saturated rings. The number of nitrogens with zero attached hydrogens (tertiary/aromatic N) is 1. The van der Waals surface area contributed by atoms with Crippen LogP contribution in [0.15, 0.2) is 30.3 Å². The molecule has 0 bridgehead atoms. The van der Waals surface area contributed by atoms with Crippen molar-refractivity contribution < 1.29 is 9.53 Å². The second-order valence-electron chi connectivity index (χ2n) is 4.77. The maximum absolute atomic E-state index is 11.5. The highest BCUT2D eigenvalue weighted by Crippen LogP contribution is 2.08. The Hall–Kier alpha value is -1.55. The van der Waals surface area contributed by atoms with Gasteiger partial charge in [0.05, 0.1) is 13.0 Å². The minimum absolute atomic E-state index is 0.0563. The van der Waals surface area contributed by atoms with E-state index in [1.165, 1.54) is 0 Å². The highest BCUT2D eigenvalue weighted by Gasteiger charge is 2.01. The van der Waals surface area contributed by atoms with E-state index in [9.17, 15) is 4.79 Å². The Bertz CT molecular complexity index is 352. The summed E-state index contributed by atoms with van der Waals surface area (Å²) < 4.78 is 5.47. The fourth-order valence-electron chi connectivity index (χ4n) is 1.65. The Morgan fingerprint density at radius 1 is 1.21 bits per heavy atom. The molecule has 1 aromatic rings. The van der Waals surface area contributed by atoms with E-state index in [0.29, 0.717) is 13.0 Å². The predicted octanol–water partition coefficient (Wildman–Crippen LogP) is 1.91. The third-order valence-corrected chi connectivity index (χ3v) is 2.70. The van der Waals surface area contributed by atoms with Gasteiger partial charge in [-0.3, -0.25) is 4.79 Å². The topological polar surface area (TPSA) is 41.6 Å². The molecule has 0 spiro atoms. The van der Waals surface area contributed by atoms with Crippen LogP contribution in [0.3, 0.4) is 0 Å². The van der Waals surface area contributed by atoms with Gasteiger partial charge in [-0.15, -0.1) is 0 Å². The largest absolute Gasteiger partial charge is 0.493 e. The first-order valence-electron chi connectivity index (χ1n) is 6.78. The summed E-state index contributed by atoms with van der Waals surface area (Å²) in [4.78, 5) is 13.7. The van der Waals surface area contributed by atoms with Gasteiger partial charge >= 0.3 is 0 Å². The molecule has 0 saturated carbocycles. The van der Waals surface area contributed by atoms with Gasteiger partial charge in [0.15, 0.2) is 0 Å². The zero-order chi connectivity index (χ0) is 13.9. The number of amides is 1. The van der Waals surface area contributed by atoms with Crippen molar-refractivity contribution in [1.29, 1.82) is 0 Å². The number of hydrogen-bond donors (Lipinski definition) is 1. The van der Waals surface area contributed by atoms with Crippen molar-refractivity contribution in [3.63, 3.8) is 0 Å². The van der Waals surface area contributed by atoms with Crippen molar-refractivity contribution in [2.45, 2.75) is 19.3 Å². The van der Waals surface area contributed by atoms with E-state index in [1.54, 1.807) is 0 Å². The molecule has 0 unspecified atom stereocenters. The van der Waals surface area contributed by atoms with Gasteiger partial charge in [-0.2, -0.15) is 0 Å². The third kappa shape index (κ3) is 8.21. The summed E-state index contributed by atoms with van der Waals surface area (Å²) in [6, 6.07) is 9.55. The van der Waals surface area contributed by atoms with Gasteiger partial charge in [0.1, 0.15) is 5.75 Å². The molecule has 0 saturated heterocycles. The average molecular weight is 264 g/mol. The SMILES string of the molecule is CN(C)CCCCNC(=O)CCOc1ccccc1. The molecule has 0 aliphatic heterocycles. The highest BCUT2D eigenvalue weighted by atomic mass is 16.5. The lowest BCUT2D eigenvalue weighted by Crippen LogP contribution is -2.26. The minimum Gasteiger partial charge on any atom is -0.493 e. The molecule has 0 aromatic heterocycles. The van der Waals surface area contributed by atoms with Gasteiger partial charge < -0.3 is 15.0 Å². The summed E-state index contributed by atoms with van der Waals surface area (Å²) in [5.74, 6) is 0.863. The number of ether oxygens (including phenoxy) is 1. The summed E-state index contributed by atoms with van der Waals surface area (Å²) in [5, 5.41) is 2.91. The van der Waals surface area contributed by atoms with E-state index in [0.717, 1.165) is 31.7 Å². The number of hydrogen-bond acceptors (Lipinski definition) is 3. The number of carbonyl (C=O) groups excluding carboxylic acids is 1. The van der Waals surface area contributed by atoms with Crippen molar-refractivity contribution in [3.05, 3.63) is 30.3 Å². The van der Waals surface area contributed by atoms with Crippen LogP contribution in [-0.4, -0.2) is 44.6 Å². The van der Waals surface area contributed by atoms with Crippen LogP contribution in [0, 0.1) is 0 Å². The zero-order valence-corrected chi connectivity index (χ0v) is 11.9. The lowest BCUT2D eigenvalue weighted by molar-refractivity contribution is -0.121. The van der Waals surface area contributed by atoms with E-state index >= 15 is 0 Å². The van der Waals surface area contributed by atoms with Crippen LogP contribution >= 0.6 is 0 Å². The molecule has 4 nitrogen and oxygen atoms in total. The molecule has 106 valence electrons. The molecule has 1 aromatic carbocycles. The molecule has 0 aliphatic carbocycles. The van der Waals surface area contributed by atoms with Crippen molar-refractivity contribution in [3.8, 4) is 5.75 Å². The third-order valence-electron chi connectivity index (χ3n) is 2.70. The van der Waals surface area contributed by atoms with Crippen molar-refractivity contribution in [1.82, 2.24) is 10.2 Å². The first-order valence-corrected chi connectivity index (χ1v) is 6.78. The van der Waals surface area contributed by atoms with Gasteiger partial charge in [-0.05, 0) is 45.6 Å². The van der Waals surface area contributed by atoms with Crippen molar-refractivity contribution >= 4 is 5.91 Å². The van der Waals surface area contributed by atoms with Crippen molar-refractivity contribution in [2.75, 3.05) is 33.8 Å². The van der Waals surface area contributed by atoms with Crippen LogP contribution in [-0.2, 0) is 4.79 Å². The molecule has 19 heavy (non-hydrogen) atoms. The molecule has 0 heterocycles. The van der Waals surface area contributed by atoms with Gasteiger partial charge in [0.25, 0.3) is 0 Å². The molecular formula is C15H24N2O2. The van der Waals surface area contributed by atoms with Gasteiger partial charge in [0, 0.05) is 6.54 Å². The fourth-order valence-corrected chi connectivity index (χ4v) is 1.65. The maximum atomic E-state index is 11.5. The second kappa shape index (κ2) is 9.39.